The van der Waals surface area contributed by atoms with E-state index in [9.17, 15) is 0 Å². The average molecular weight is 182 g/mol. The molecule has 0 saturated carbocycles. The molecule has 0 aromatic carbocycles. The van der Waals surface area contributed by atoms with E-state index in [-0.39, 0.29) is 0 Å². The summed E-state index contributed by atoms with van der Waals surface area (Å²) in [6.45, 7) is 3.05. The van der Waals surface area contributed by atoms with E-state index >= 15 is 0 Å². The van der Waals surface area contributed by atoms with Crippen molar-refractivity contribution in [2.75, 3.05) is 34.7 Å². The van der Waals surface area contributed by atoms with Crippen LogP contribution in [0.3, 0.4) is 0 Å². The van der Waals surface area contributed by atoms with Gasteiger partial charge in [0.2, 0.25) is 0 Å². The second-order valence-corrected chi connectivity index (χ2v) is 3.83. The van der Waals surface area contributed by atoms with Crippen LogP contribution < -0.4 is 0 Å². The lowest BCUT2D eigenvalue weighted by Crippen LogP contribution is -2.26. The first kappa shape index (κ1) is 12.5. The molecule has 0 amide bonds. The Hall–Kier alpha value is -0.520. The van der Waals surface area contributed by atoms with E-state index in [2.05, 4.69) is 42.7 Å². The Balaban J connectivity index is 3.97. The molecule has 0 fully saturated rings. The third-order valence-corrected chi connectivity index (χ3v) is 1.85. The van der Waals surface area contributed by atoms with Gasteiger partial charge in [-0.05, 0) is 34.6 Å². The fourth-order valence-electron chi connectivity index (χ4n) is 1.05. The van der Waals surface area contributed by atoms with Crippen LogP contribution in [0.15, 0.2) is 0 Å². The van der Waals surface area contributed by atoms with E-state index in [1.54, 1.807) is 0 Å². The molecule has 0 N–H and O–H groups in total. The largest absolute Gasteiger partial charge is 0.299 e. The van der Waals surface area contributed by atoms with Crippen LogP contribution in [-0.4, -0.2) is 50.6 Å². The molecule has 2 heteroatoms. The number of nitrogens with zero attached hydrogens (tertiary/aromatic N) is 2. The molecule has 0 bridgehead atoms. The Labute approximate surface area is 82.9 Å². The number of hydrogen-bond donors (Lipinski definition) is 0. The van der Waals surface area contributed by atoms with Gasteiger partial charge in [0.15, 0.2) is 0 Å². The molecule has 0 aliphatic carbocycles. The molecular formula is C11H22N2. The van der Waals surface area contributed by atoms with Gasteiger partial charge in [0.25, 0.3) is 0 Å². The van der Waals surface area contributed by atoms with Gasteiger partial charge in [-0.25, -0.2) is 0 Å². The van der Waals surface area contributed by atoms with E-state index in [0.717, 1.165) is 13.0 Å². The molecule has 0 aromatic heterocycles. The normalized spacial score (nSPS) is 12.8. The molecule has 0 saturated heterocycles. The van der Waals surface area contributed by atoms with Crippen LogP contribution in [0.1, 0.15) is 19.8 Å². The molecule has 0 rings (SSSR count). The quantitative estimate of drug-likeness (QED) is 0.604. The third kappa shape index (κ3) is 6.62. The van der Waals surface area contributed by atoms with Gasteiger partial charge in [-0.2, -0.15) is 0 Å². The summed E-state index contributed by atoms with van der Waals surface area (Å²) in [4.78, 5) is 4.28. The summed E-state index contributed by atoms with van der Waals surface area (Å²) in [5, 5.41) is 0. The molecule has 13 heavy (non-hydrogen) atoms. The summed E-state index contributed by atoms with van der Waals surface area (Å²) < 4.78 is 0. The minimum atomic E-state index is 0.421. The maximum Gasteiger partial charge on any atom is 0.0710 e. The van der Waals surface area contributed by atoms with Crippen molar-refractivity contribution >= 4 is 0 Å². The Morgan fingerprint density at radius 2 is 1.77 bits per heavy atom. The van der Waals surface area contributed by atoms with Crippen LogP contribution in [-0.2, 0) is 0 Å². The fraction of sp³-hybridized carbons (Fsp3) is 0.818. The zero-order valence-corrected chi connectivity index (χ0v) is 9.59. The van der Waals surface area contributed by atoms with E-state index in [1.807, 2.05) is 14.1 Å². The second-order valence-electron chi connectivity index (χ2n) is 3.83. The van der Waals surface area contributed by atoms with Crippen molar-refractivity contribution in [1.82, 2.24) is 9.80 Å². The summed E-state index contributed by atoms with van der Waals surface area (Å²) in [6, 6.07) is 0.421. The predicted octanol–water partition coefficient (Wildman–Crippen LogP) is 1.28. The third-order valence-electron chi connectivity index (χ3n) is 1.85. The molecule has 0 radical (unpaired) electrons. The van der Waals surface area contributed by atoms with Crippen LogP contribution in [0.2, 0.25) is 0 Å². The molecule has 76 valence electrons. The molecule has 2 nitrogen and oxygen atoms in total. The first-order chi connectivity index (χ1) is 6.07. The fourth-order valence-corrected chi connectivity index (χ4v) is 1.05. The Kier molecular flexibility index (Phi) is 6.66. The second kappa shape index (κ2) is 6.94. The molecular weight excluding hydrogens is 160 g/mol. The van der Waals surface area contributed by atoms with Crippen molar-refractivity contribution in [3.05, 3.63) is 0 Å². The van der Waals surface area contributed by atoms with Gasteiger partial charge in [0.05, 0.1) is 12.6 Å². The first-order valence-corrected chi connectivity index (χ1v) is 4.87. The molecule has 1 unspecified atom stereocenters. The van der Waals surface area contributed by atoms with Crippen molar-refractivity contribution in [3.8, 4) is 11.8 Å². The van der Waals surface area contributed by atoms with Crippen LogP contribution >= 0.6 is 0 Å². The van der Waals surface area contributed by atoms with Gasteiger partial charge in [-0.15, -0.1) is 0 Å². The van der Waals surface area contributed by atoms with Crippen molar-refractivity contribution < 1.29 is 0 Å². The minimum Gasteiger partial charge on any atom is -0.299 e. The highest BCUT2D eigenvalue weighted by molar-refractivity contribution is 5.08. The molecule has 1 atom stereocenters. The first-order valence-electron chi connectivity index (χ1n) is 4.87. The van der Waals surface area contributed by atoms with Crippen LogP contribution in [0.25, 0.3) is 0 Å². The van der Waals surface area contributed by atoms with E-state index in [4.69, 9.17) is 0 Å². The maximum atomic E-state index is 3.29. The lowest BCUT2D eigenvalue weighted by Gasteiger charge is -2.17. The van der Waals surface area contributed by atoms with Crippen LogP contribution in [0, 0.1) is 11.8 Å². The van der Waals surface area contributed by atoms with Crippen LogP contribution in [0.5, 0.6) is 0 Å². The van der Waals surface area contributed by atoms with Gasteiger partial charge in [-0.3, -0.25) is 9.80 Å². The predicted molar refractivity (Wildman–Crippen MR) is 58.7 cm³/mol. The summed E-state index contributed by atoms with van der Waals surface area (Å²) in [7, 11) is 8.26. The van der Waals surface area contributed by atoms with Gasteiger partial charge in [-0.1, -0.05) is 25.2 Å². The number of hydrogen-bond acceptors (Lipinski definition) is 2. The van der Waals surface area contributed by atoms with E-state index in [0.29, 0.717) is 6.04 Å². The van der Waals surface area contributed by atoms with Crippen LogP contribution in [0.4, 0.5) is 0 Å². The van der Waals surface area contributed by atoms with Gasteiger partial charge in [0, 0.05) is 0 Å². The Bertz CT molecular complexity index is 174. The topological polar surface area (TPSA) is 6.48 Å². The van der Waals surface area contributed by atoms with E-state index in [1.165, 1.54) is 6.42 Å². The molecule has 0 aromatic rings. The lowest BCUT2D eigenvalue weighted by molar-refractivity contribution is 0.335. The Morgan fingerprint density at radius 1 is 1.15 bits per heavy atom. The van der Waals surface area contributed by atoms with E-state index < -0.39 is 0 Å². The van der Waals surface area contributed by atoms with Crippen molar-refractivity contribution in [2.45, 2.75) is 25.8 Å². The SMILES string of the molecule is CCCC(C#CCN(C)C)N(C)C. The minimum absolute atomic E-state index is 0.421. The summed E-state index contributed by atoms with van der Waals surface area (Å²) in [5.74, 6) is 6.47. The van der Waals surface area contributed by atoms with Gasteiger partial charge < -0.3 is 0 Å². The van der Waals surface area contributed by atoms with Crippen molar-refractivity contribution in [3.63, 3.8) is 0 Å². The maximum absolute atomic E-state index is 3.29. The molecule has 0 heterocycles. The highest BCUT2D eigenvalue weighted by atomic mass is 15.1. The molecule has 0 aliphatic heterocycles. The smallest absolute Gasteiger partial charge is 0.0710 e. The van der Waals surface area contributed by atoms with Crippen molar-refractivity contribution in [2.24, 2.45) is 0 Å². The number of rotatable bonds is 4. The van der Waals surface area contributed by atoms with Gasteiger partial charge >= 0.3 is 0 Å². The highest BCUT2D eigenvalue weighted by Crippen LogP contribution is 2.00. The highest BCUT2D eigenvalue weighted by Gasteiger charge is 2.04. The zero-order valence-electron chi connectivity index (χ0n) is 9.59. The summed E-state index contributed by atoms with van der Waals surface area (Å²) in [5.41, 5.74) is 0. The summed E-state index contributed by atoms with van der Waals surface area (Å²) in [6.07, 6.45) is 2.35. The molecule has 0 aliphatic rings. The zero-order chi connectivity index (χ0) is 10.3. The standard InChI is InChI=1S/C11H22N2/c1-6-8-11(13(4)5)9-7-10-12(2)3/h11H,6,8,10H2,1-5H3. The molecule has 0 spiro atoms. The van der Waals surface area contributed by atoms with Crippen molar-refractivity contribution in [1.29, 1.82) is 0 Å². The monoisotopic (exact) mass is 182 g/mol. The lowest BCUT2D eigenvalue weighted by atomic mass is 10.1. The van der Waals surface area contributed by atoms with Gasteiger partial charge in [0.1, 0.15) is 0 Å². The summed E-state index contributed by atoms with van der Waals surface area (Å²) >= 11 is 0. The average Bonchev–Trinajstić information content (AvgIpc) is 2.02. The Morgan fingerprint density at radius 3 is 2.15 bits per heavy atom.